The van der Waals surface area contributed by atoms with E-state index in [0.29, 0.717) is 11.3 Å². The van der Waals surface area contributed by atoms with Crippen LogP contribution in [0.5, 0.6) is 0 Å². The number of rotatable bonds is 2. The Morgan fingerprint density at radius 2 is 2.00 bits per heavy atom. The normalized spacial score (nSPS) is 9.65. The number of nitrogens with one attached hydrogen (secondary N) is 1. The van der Waals surface area contributed by atoms with E-state index in [9.17, 15) is 0 Å². The summed E-state index contributed by atoms with van der Waals surface area (Å²) in [5.74, 6) is 0. The summed E-state index contributed by atoms with van der Waals surface area (Å²) in [5.41, 5.74) is 10.1. The lowest BCUT2D eigenvalue weighted by Crippen LogP contribution is -1.96. The van der Waals surface area contributed by atoms with Crippen LogP contribution >= 0.6 is 0 Å². The fraction of sp³-hybridized carbons (Fsp3) is 0.0714. The number of nitrogens with zero attached hydrogens (tertiary/aromatic N) is 1. The first-order valence-electron chi connectivity index (χ1n) is 5.32. The maximum absolute atomic E-state index is 8.82. The predicted octanol–water partition coefficient (Wildman–Crippen LogP) is 3.19. The highest BCUT2D eigenvalue weighted by Gasteiger charge is 2.00. The molecule has 0 saturated heterocycles. The van der Waals surface area contributed by atoms with Crippen LogP contribution in [-0.4, -0.2) is 0 Å². The average Bonchev–Trinajstić information content (AvgIpc) is 2.34. The van der Waals surface area contributed by atoms with Crippen LogP contribution in [0.4, 0.5) is 17.1 Å². The summed E-state index contributed by atoms with van der Waals surface area (Å²) >= 11 is 0. The van der Waals surface area contributed by atoms with Crippen LogP contribution in [0.25, 0.3) is 0 Å². The molecule has 3 N–H and O–H groups in total. The molecular weight excluding hydrogens is 210 g/mol. The molecule has 0 bridgehead atoms. The second kappa shape index (κ2) is 4.58. The van der Waals surface area contributed by atoms with Gasteiger partial charge in [-0.15, -0.1) is 0 Å². The van der Waals surface area contributed by atoms with Gasteiger partial charge in [-0.05, 0) is 42.8 Å². The van der Waals surface area contributed by atoms with E-state index in [1.54, 1.807) is 12.1 Å². The van der Waals surface area contributed by atoms with Gasteiger partial charge >= 0.3 is 0 Å². The first-order chi connectivity index (χ1) is 8.19. The Kier molecular flexibility index (Phi) is 2.97. The molecule has 3 nitrogen and oxygen atoms in total. The maximum atomic E-state index is 8.82. The molecule has 2 aromatic carbocycles. The SMILES string of the molecule is Cc1ccc(N)c(Nc2cccc(C#N)c2)c1. The number of hydrogen-bond donors (Lipinski definition) is 2. The molecule has 0 fully saturated rings. The Bertz CT molecular complexity index is 582. The molecule has 0 spiro atoms. The third-order valence-electron chi connectivity index (χ3n) is 2.48. The van der Waals surface area contributed by atoms with E-state index in [0.717, 1.165) is 16.9 Å². The van der Waals surface area contributed by atoms with Crippen molar-refractivity contribution in [3.63, 3.8) is 0 Å². The lowest BCUT2D eigenvalue weighted by Gasteiger charge is -2.10. The van der Waals surface area contributed by atoms with Crippen molar-refractivity contribution >= 4 is 17.1 Å². The summed E-state index contributed by atoms with van der Waals surface area (Å²) in [7, 11) is 0. The van der Waals surface area contributed by atoms with E-state index in [2.05, 4.69) is 11.4 Å². The summed E-state index contributed by atoms with van der Waals surface area (Å²) in [4.78, 5) is 0. The van der Waals surface area contributed by atoms with E-state index in [1.165, 1.54) is 0 Å². The summed E-state index contributed by atoms with van der Waals surface area (Å²) < 4.78 is 0. The number of nitrogens with two attached hydrogens (primary N) is 1. The smallest absolute Gasteiger partial charge is 0.0992 e. The van der Waals surface area contributed by atoms with Crippen molar-refractivity contribution in [2.24, 2.45) is 0 Å². The minimum atomic E-state index is 0.626. The molecular formula is C14H13N3. The maximum Gasteiger partial charge on any atom is 0.0992 e. The summed E-state index contributed by atoms with van der Waals surface area (Å²) in [6, 6.07) is 15.2. The monoisotopic (exact) mass is 223 g/mol. The van der Waals surface area contributed by atoms with Gasteiger partial charge < -0.3 is 11.1 Å². The molecule has 0 aliphatic carbocycles. The van der Waals surface area contributed by atoms with E-state index in [-0.39, 0.29) is 0 Å². The van der Waals surface area contributed by atoms with E-state index in [4.69, 9.17) is 11.0 Å². The Morgan fingerprint density at radius 3 is 2.76 bits per heavy atom. The van der Waals surface area contributed by atoms with Crippen LogP contribution in [0.15, 0.2) is 42.5 Å². The van der Waals surface area contributed by atoms with Crippen LogP contribution in [-0.2, 0) is 0 Å². The van der Waals surface area contributed by atoms with Gasteiger partial charge in [-0.2, -0.15) is 5.26 Å². The van der Waals surface area contributed by atoms with Crippen molar-refractivity contribution in [3.8, 4) is 6.07 Å². The van der Waals surface area contributed by atoms with E-state index < -0.39 is 0 Å². The highest BCUT2D eigenvalue weighted by atomic mass is 14.9. The number of nitriles is 1. The Labute approximate surface area is 101 Å². The first-order valence-corrected chi connectivity index (χ1v) is 5.32. The van der Waals surface area contributed by atoms with Gasteiger partial charge in [-0.25, -0.2) is 0 Å². The molecule has 84 valence electrons. The first kappa shape index (κ1) is 11.0. The van der Waals surface area contributed by atoms with Crippen molar-refractivity contribution in [2.75, 3.05) is 11.1 Å². The van der Waals surface area contributed by atoms with Crippen LogP contribution in [0.2, 0.25) is 0 Å². The van der Waals surface area contributed by atoms with Crippen molar-refractivity contribution < 1.29 is 0 Å². The zero-order valence-electron chi connectivity index (χ0n) is 9.57. The van der Waals surface area contributed by atoms with Gasteiger partial charge in [0.2, 0.25) is 0 Å². The second-order valence-electron chi connectivity index (χ2n) is 3.91. The molecule has 0 saturated carbocycles. The molecule has 0 aliphatic rings. The predicted molar refractivity (Wildman–Crippen MR) is 70.0 cm³/mol. The highest BCUT2D eigenvalue weighted by molar-refractivity contribution is 5.73. The quantitative estimate of drug-likeness (QED) is 0.768. The largest absolute Gasteiger partial charge is 0.397 e. The van der Waals surface area contributed by atoms with Gasteiger partial charge in [0, 0.05) is 5.69 Å². The topological polar surface area (TPSA) is 61.8 Å². The summed E-state index contributed by atoms with van der Waals surface area (Å²) in [6.07, 6.45) is 0. The lowest BCUT2D eigenvalue weighted by molar-refractivity contribution is 1.44. The van der Waals surface area contributed by atoms with Crippen LogP contribution in [0, 0.1) is 18.3 Å². The number of aryl methyl sites for hydroxylation is 1. The Balaban J connectivity index is 2.31. The average molecular weight is 223 g/mol. The molecule has 0 unspecified atom stereocenters. The van der Waals surface area contributed by atoms with Crippen LogP contribution in [0.3, 0.4) is 0 Å². The van der Waals surface area contributed by atoms with Crippen molar-refractivity contribution in [3.05, 3.63) is 53.6 Å². The minimum Gasteiger partial charge on any atom is -0.397 e. The number of anilines is 3. The molecule has 2 rings (SSSR count). The standard InChI is InChI=1S/C14H13N3/c1-10-5-6-13(16)14(7-10)17-12-4-2-3-11(8-12)9-15/h2-8,17H,16H2,1H3. The number of benzene rings is 2. The lowest BCUT2D eigenvalue weighted by atomic mass is 10.1. The minimum absolute atomic E-state index is 0.626. The zero-order chi connectivity index (χ0) is 12.3. The zero-order valence-corrected chi connectivity index (χ0v) is 9.57. The third-order valence-corrected chi connectivity index (χ3v) is 2.48. The van der Waals surface area contributed by atoms with Crippen molar-refractivity contribution in [2.45, 2.75) is 6.92 Å². The van der Waals surface area contributed by atoms with Gasteiger partial charge in [-0.3, -0.25) is 0 Å². The van der Waals surface area contributed by atoms with Crippen LogP contribution < -0.4 is 11.1 Å². The molecule has 2 aromatic rings. The summed E-state index contributed by atoms with van der Waals surface area (Å²) in [6.45, 7) is 2.01. The van der Waals surface area contributed by atoms with E-state index in [1.807, 2.05) is 37.3 Å². The highest BCUT2D eigenvalue weighted by Crippen LogP contribution is 2.24. The molecule has 0 aromatic heterocycles. The van der Waals surface area contributed by atoms with Gasteiger partial charge in [0.05, 0.1) is 23.0 Å². The van der Waals surface area contributed by atoms with Gasteiger partial charge in [0.25, 0.3) is 0 Å². The Morgan fingerprint density at radius 1 is 1.18 bits per heavy atom. The van der Waals surface area contributed by atoms with Crippen LogP contribution in [0.1, 0.15) is 11.1 Å². The molecule has 0 amide bonds. The van der Waals surface area contributed by atoms with Gasteiger partial charge in [-0.1, -0.05) is 12.1 Å². The fourth-order valence-electron chi connectivity index (χ4n) is 1.60. The van der Waals surface area contributed by atoms with Crippen molar-refractivity contribution in [1.82, 2.24) is 0 Å². The summed E-state index contributed by atoms with van der Waals surface area (Å²) in [5, 5.41) is 12.0. The molecule has 0 aliphatic heterocycles. The van der Waals surface area contributed by atoms with Gasteiger partial charge in [0.1, 0.15) is 0 Å². The van der Waals surface area contributed by atoms with E-state index >= 15 is 0 Å². The number of nitrogen functional groups attached to an aromatic ring is 1. The molecule has 0 heterocycles. The fourth-order valence-corrected chi connectivity index (χ4v) is 1.60. The van der Waals surface area contributed by atoms with Gasteiger partial charge in [0.15, 0.2) is 0 Å². The molecule has 3 heteroatoms. The molecule has 0 atom stereocenters. The molecule has 17 heavy (non-hydrogen) atoms. The number of hydrogen-bond acceptors (Lipinski definition) is 3. The van der Waals surface area contributed by atoms with Crippen molar-refractivity contribution in [1.29, 1.82) is 5.26 Å². The Hall–Kier alpha value is -2.47. The molecule has 0 radical (unpaired) electrons. The second-order valence-corrected chi connectivity index (χ2v) is 3.91. The third kappa shape index (κ3) is 2.56.